The van der Waals surface area contributed by atoms with Crippen LogP contribution in [0.2, 0.25) is 0 Å². The number of rotatable bonds is 11. The summed E-state index contributed by atoms with van der Waals surface area (Å²) in [7, 11) is 1.54. The quantitative estimate of drug-likeness (QED) is 0.521. The van der Waals surface area contributed by atoms with Crippen LogP contribution in [0.5, 0.6) is 6.01 Å². The number of aliphatic carboxylic acids is 1. The highest BCUT2D eigenvalue weighted by molar-refractivity contribution is 5.77. The van der Waals surface area contributed by atoms with Crippen molar-refractivity contribution in [3.05, 3.63) is 36.2 Å². The normalized spacial score (nSPS) is 15.2. The first kappa shape index (κ1) is 23.8. The Hall–Kier alpha value is -2.87. The highest BCUT2D eigenvalue weighted by atomic mass is 16.5. The molecule has 2 aromatic rings. The van der Waals surface area contributed by atoms with Gasteiger partial charge in [-0.15, -0.1) is 0 Å². The molecule has 8 heteroatoms. The molecular formula is C24H34N4O4. The molecule has 1 aromatic carbocycles. The third-order valence-corrected chi connectivity index (χ3v) is 5.90. The van der Waals surface area contributed by atoms with Gasteiger partial charge >= 0.3 is 12.0 Å². The third-order valence-electron chi connectivity index (χ3n) is 5.90. The number of carboxylic acid groups (broad SMARTS) is 1. The summed E-state index contributed by atoms with van der Waals surface area (Å²) in [6, 6.07) is 7.00. The van der Waals surface area contributed by atoms with Crippen molar-refractivity contribution < 1.29 is 19.4 Å². The number of ether oxygens (including phenoxy) is 2. The van der Waals surface area contributed by atoms with Crippen LogP contribution >= 0.6 is 0 Å². The fraction of sp³-hybridized carbons (Fsp3) is 0.542. The minimum Gasteiger partial charge on any atom is -0.481 e. The summed E-state index contributed by atoms with van der Waals surface area (Å²) in [6.07, 6.45) is 7.26. The van der Waals surface area contributed by atoms with Gasteiger partial charge < -0.3 is 24.8 Å². The third kappa shape index (κ3) is 6.09. The van der Waals surface area contributed by atoms with Crippen molar-refractivity contribution in [1.82, 2.24) is 9.97 Å². The van der Waals surface area contributed by atoms with E-state index in [2.05, 4.69) is 45.3 Å². The molecule has 0 amide bonds. The van der Waals surface area contributed by atoms with E-state index < -0.39 is 5.97 Å². The standard InChI is InChI=1S/C24H34N4O4/c1-4-10-28(20-8-11-32-12-9-20)22-7-6-18(17(5-2)14-23(29)30)13-21(22)27-19-15-25-24(31-3)26-16-19/h6-7,13,15-17,20,27H,4-5,8-12,14H2,1-3H3,(H,29,30)/t17-/m0/s1. The number of methoxy groups -OCH3 is 1. The molecule has 2 N–H and O–H groups in total. The maximum Gasteiger partial charge on any atom is 0.316 e. The zero-order chi connectivity index (χ0) is 22.9. The number of nitrogens with one attached hydrogen (secondary N) is 1. The second-order valence-electron chi connectivity index (χ2n) is 8.10. The molecule has 1 atom stereocenters. The first-order valence-corrected chi connectivity index (χ1v) is 11.4. The summed E-state index contributed by atoms with van der Waals surface area (Å²) in [5.74, 6) is -0.828. The van der Waals surface area contributed by atoms with E-state index in [-0.39, 0.29) is 12.3 Å². The monoisotopic (exact) mass is 442 g/mol. The lowest BCUT2D eigenvalue weighted by molar-refractivity contribution is -0.137. The van der Waals surface area contributed by atoms with E-state index in [1.165, 1.54) is 7.11 Å². The van der Waals surface area contributed by atoms with Crippen LogP contribution in [0.25, 0.3) is 0 Å². The van der Waals surface area contributed by atoms with Gasteiger partial charge in [-0.2, -0.15) is 0 Å². The van der Waals surface area contributed by atoms with Crippen molar-refractivity contribution in [3.8, 4) is 6.01 Å². The molecule has 0 unspecified atom stereocenters. The van der Waals surface area contributed by atoms with Crippen molar-refractivity contribution in [1.29, 1.82) is 0 Å². The summed E-state index contributed by atoms with van der Waals surface area (Å²) in [6.45, 7) is 6.69. The molecule has 3 rings (SSSR count). The van der Waals surface area contributed by atoms with Crippen LogP contribution < -0.4 is 15.0 Å². The number of hydrogen-bond acceptors (Lipinski definition) is 7. The van der Waals surface area contributed by atoms with E-state index in [4.69, 9.17) is 9.47 Å². The number of carboxylic acids is 1. The van der Waals surface area contributed by atoms with Crippen molar-refractivity contribution in [3.63, 3.8) is 0 Å². The average Bonchev–Trinajstić information content (AvgIpc) is 2.82. The van der Waals surface area contributed by atoms with Gasteiger partial charge in [-0.3, -0.25) is 4.79 Å². The van der Waals surface area contributed by atoms with Crippen LogP contribution in [-0.4, -0.2) is 54.0 Å². The van der Waals surface area contributed by atoms with Crippen molar-refractivity contribution in [2.45, 2.75) is 57.9 Å². The molecule has 2 heterocycles. The zero-order valence-electron chi connectivity index (χ0n) is 19.2. The first-order chi connectivity index (χ1) is 15.5. The number of nitrogens with zero attached hydrogens (tertiary/aromatic N) is 3. The molecule has 32 heavy (non-hydrogen) atoms. The molecule has 0 aliphatic carbocycles. The smallest absolute Gasteiger partial charge is 0.316 e. The van der Waals surface area contributed by atoms with E-state index >= 15 is 0 Å². The van der Waals surface area contributed by atoms with Gasteiger partial charge in [0.15, 0.2) is 0 Å². The molecule has 0 radical (unpaired) electrons. The Morgan fingerprint density at radius 1 is 1.28 bits per heavy atom. The highest BCUT2D eigenvalue weighted by Crippen LogP contribution is 2.36. The van der Waals surface area contributed by atoms with Gasteiger partial charge in [0.1, 0.15) is 0 Å². The minimum absolute atomic E-state index is 0.0445. The molecule has 1 aliphatic heterocycles. The lowest BCUT2D eigenvalue weighted by atomic mass is 9.92. The lowest BCUT2D eigenvalue weighted by Gasteiger charge is -2.37. The molecule has 1 aliphatic rings. The lowest BCUT2D eigenvalue weighted by Crippen LogP contribution is -2.40. The van der Waals surface area contributed by atoms with Crippen molar-refractivity contribution >= 4 is 23.0 Å². The van der Waals surface area contributed by atoms with Gasteiger partial charge in [-0.25, -0.2) is 9.97 Å². The summed E-state index contributed by atoms with van der Waals surface area (Å²) in [5, 5.41) is 12.8. The van der Waals surface area contributed by atoms with Crippen LogP contribution in [-0.2, 0) is 9.53 Å². The molecule has 0 saturated carbocycles. The fourth-order valence-corrected chi connectivity index (χ4v) is 4.25. The van der Waals surface area contributed by atoms with Crippen LogP contribution in [0.3, 0.4) is 0 Å². The molecule has 0 spiro atoms. The Bertz CT molecular complexity index is 869. The maximum absolute atomic E-state index is 11.4. The van der Waals surface area contributed by atoms with E-state index in [0.717, 1.165) is 68.1 Å². The van der Waals surface area contributed by atoms with E-state index in [1.54, 1.807) is 12.4 Å². The van der Waals surface area contributed by atoms with Gasteiger partial charge in [0.2, 0.25) is 0 Å². The molecule has 174 valence electrons. The Morgan fingerprint density at radius 2 is 2.00 bits per heavy atom. The minimum atomic E-state index is -0.784. The predicted molar refractivity (Wildman–Crippen MR) is 125 cm³/mol. The summed E-state index contributed by atoms with van der Waals surface area (Å²) in [4.78, 5) is 22.2. The molecule has 0 bridgehead atoms. The summed E-state index contributed by atoms with van der Waals surface area (Å²) >= 11 is 0. The number of hydrogen-bond donors (Lipinski definition) is 2. The highest BCUT2D eigenvalue weighted by Gasteiger charge is 2.24. The fourth-order valence-electron chi connectivity index (χ4n) is 4.25. The molecule has 8 nitrogen and oxygen atoms in total. The predicted octanol–water partition coefficient (Wildman–Crippen LogP) is 4.59. The Morgan fingerprint density at radius 3 is 2.59 bits per heavy atom. The Labute approximate surface area is 190 Å². The average molecular weight is 443 g/mol. The second-order valence-corrected chi connectivity index (χ2v) is 8.10. The topological polar surface area (TPSA) is 96.8 Å². The van der Waals surface area contributed by atoms with Crippen molar-refractivity contribution in [2.24, 2.45) is 0 Å². The van der Waals surface area contributed by atoms with Crippen LogP contribution in [0.1, 0.15) is 57.4 Å². The second kappa shape index (κ2) is 11.7. The maximum atomic E-state index is 11.4. The Balaban J connectivity index is 1.99. The van der Waals surface area contributed by atoms with E-state index in [9.17, 15) is 9.90 Å². The van der Waals surface area contributed by atoms with E-state index in [0.29, 0.717) is 12.1 Å². The van der Waals surface area contributed by atoms with Crippen LogP contribution in [0, 0.1) is 0 Å². The van der Waals surface area contributed by atoms with Gasteiger partial charge in [-0.05, 0) is 49.3 Å². The van der Waals surface area contributed by atoms with Crippen molar-refractivity contribution in [2.75, 3.05) is 37.1 Å². The summed E-state index contributed by atoms with van der Waals surface area (Å²) < 4.78 is 10.7. The molecular weight excluding hydrogens is 408 g/mol. The summed E-state index contributed by atoms with van der Waals surface area (Å²) in [5.41, 5.74) is 3.79. The molecule has 1 aromatic heterocycles. The van der Waals surface area contributed by atoms with Gasteiger partial charge in [0.05, 0.1) is 43.0 Å². The van der Waals surface area contributed by atoms with Gasteiger partial charge in [-0.1, -0.05) is 19.9 Å². The van der Waals surface area contributed by atoms with E-state index in [1.807, 2.05) is 6.92 Å². The Kier molecular flexibility index (Phi) is 8.67. The largest absolute Gasteiger partial charge is 0.481 e. The number of benzene rings is 1. The van der Waals surface area contributed by atoms with Gasteiger partial charge in [0, 0.05) is 25.8 Å². The van der Waals surface area contributed by atoms with Crippen LogP contribution in [0.15, 0.2) is 30.6 Å². The zero-order valence-corrected chi connectivity index (χ0v) is 19.2. The van der Waals surface area contributed by atoms with Gasteiger partial charge in [0.25, 0.3) is 0 Å². The number of carbonyl (C=O) groups is 1. The molecule has 1 saturated heterocycles. The number of aromatic nitrogens is 2. The van der Waals surface area contributed by atoms with Crippen LogP contribution in [0.4, 0.5) is 17.1 Å². The number of anilines is 3. The molecule has 1 fully saturated rings. The first-order valence-electron chi connectivity index (χ1n) is 11.4. The SMILES string of the molecule is CCCN(c1ccc([C@@H](CC)CC(=O)O)cc1Nc1cnc(OC)nc1)C1CCOCC1.